The molecule has 1 aromatic carbocycles. The van der Waals surface area contributed by atoms with Crippen molar-refractivity contribution in [3.8, 4) is 5.75 Å². The minimum atomic E-state index is -0.892. The lowest BCUT2D eigenvalue weighted by Gasteiger charge is -2.27. The molecule has 0 amide bonds. The lowest BCUT2D eigenvalue weighted by atomic mass is 9.84. The Labute approximate surface area is 116 Å². The highest BCUT2D eigenvalue weighted by molar-refractivity contribution is 9.10. The van der Waals surface area contributed by atoms with E-state index >= 15 is 0 Å². The van der Waals surface area contributed by atoms with Crippen molar-refractivity contribution in [2.24, 2.45) is 5.41 Å². The summed E-state index contributed by atoms with van der Waals surface area (Å²) in [6.07, 6.45) is -0.0157. The van der Waals surface area contributed by atoms with Gasteiger partial charge in [-0.05, 0) is 39.9 Å². The molecule has 0 bridgehead atoms. The summed E-state index contributed by atoms with van der Waals surface area (Å²) < 4.78 is 19.9. The third-order valence-electron chi connectivity index (χ3n) is 2.65. The molecule has 1 rings (SSSR count). The predicted octanol–water partition coefficient (Wildman–Crippen LogP) is 4.46. The summed E-state index contributed by atoms with van der Waals surface area (Å²) in [5.41, 5.74) is -0.177. The molecule has 2 nitrogen and oxygen atoms in total. The number of aliphatic hydroxyl groups excluding tert-OH is 1. The standard InChI is InChI=1S/C14H20BrFO2/c1-5-8-18-10-7-6-9(16)11(12(10)15)13(17)14(2,3)4/h6-7,13,17H,5,8H2,1-4H3. The van der Waals surface area contributed by atoms with Crippen LogP contribution in [0.1, 0.15) is 45.8 Å². The van der Waals surface area contributed by atoms with Gasteiger partial charge in [-0.2, -0.15) is 0 Å². The number of ether oxygens (including phenoxy) is 1. The monoisotopic (exact) mass is 318 g/mol. The minimum absolute atomic E-state index is 0.260. The predicted molar refractivity (Wildman–Crippen MR) is 74.3 cm³/mol. The van der Waals surface area contributed by atoms with Gasteiger partial charge in [-0.3, -0.25) is 0 Å². The SMILES string of the molecule is CCCOc1ccc(F)c(C(O)C(C)(C)C)c1Br. The van der Waals surface area contributed by atoms with Gasteiger partial charge >= 0.3 is 0 Å². The molecule has 0 radical (unpaired) electrons. The summed E-state index contributed by atoms with van der Waals surface area (Å²) >= 11 is 3.33. The molecule has 0 saturated carbocycles. The van der Waals surface area contributed by atoms with E-state index in [1.54, 1.807) is 6.07 Å². The summed E-state index contributed by atoms with van der Waals surface area (Å²) in [5, 5.41) is 10.2. The molecule has 0 saturated heterocycles. The van der Waals surface area contributed by atoms with Gasteiger partial charge in [-0.25, -0.2) is 4.39 Å². The third-order valence-corrected chi connectivity index (χ3v) is 3.46. The highest BCUT2D eigenvalue weighted by Gasteiger charge is 2.29. The van der Waals surface area contributed by atoms with Crippen molar-refractivity contribution in [3.63, 3.8) is 0 Å². The highest BCUT2D eigenvalue weighted by atomic mass is 79.9. The maximum atomic E-state index is 13.9. The Hall–Kier alpha value is -0.610. The van der Waals surface area contributed by atoms with Crippen LogP contribution in [-0.4, -0.2) is 11.7 Å². The first kappa shape index (κ1) is 15.4. The van der Waals surface area contributed by atoms with Crippen molar-refractivity contribution in [2.45, 2.75) is 40.2 Å². The second-order valence-corrected chi connectivity index (χ2v) is 6.18. The van der Waals surface area contributed by atoms with E-state index in [9.17, 15) is 9.50 Å². The maximum Gasteiger partial charge on any atom is 0.134 e. The average molecular weight is 319 g/mol. The van der Waals surface area contributed by atoms with E-state index < -0.39 is 17.3 Å². The zero-order chi connectivity index (χ0) is 13.9. The van der Waals surface area contributed by atoms with Crippen molar-refractivity contribution < 1.29 is 14.2 Å². The molecule has 102 valence electrons. The molecule has 1 aromatic rings. The van der Waals surface area contributed by atoms with Gasteiger partial charge in [0.25, 0.3) is 0 Å². The number of hydrogen-bond acceptors (Lipinski definition) is 2. The van der Waals surface area contributed by atoms with Crippen molar-refractivity contribution in [1.82, 2.24) is 0 Å². The van der Waals surface area contributed by atoms with Gasteiger partial charge in [0, 0.05) is 5.56 Å². The molecule has 0 fully saturated rings. The number of halogens is 2. The first-order valence-electron chi connectivity index (χ1n) is 6.07. The number of aliphatic hydroxyl groups is 1. The zero-order valence-electron chi connectivity index (χ0n) is 11.3. The van der Waals surface area contributed by atoms with Gasteiger partial charge in [-0.15, -0.1) is 0 Å². The van der Waals surface area contributed by atoms with Crippen LogP contribution >= 0.6 is 15.9 Å². The van der Waals surface area contributed by atoms with Crippen LogP contribution in [0, 0.1) is 11.2 Å². The second kappa shape index (κ2) is 6.02. The number of rotatable bonds is 4. The quantitative estimate of drug-likeness (QED) is 0.888. The highest BCUT2D eigenvalue weighted by Crippen LogP contribution is 2.41. The first-order chi connectivity index (χ1) is 8.29. The lowest BCUT2D eigenvalue weighted by Crippen LogP contribution is -2.19. The Morgan fingerprint density at radius 3 is 2.50 bits per heavy atom. The number of benzene rings is 1. The van der Waals surface area contributed by atoms with Crippen LogP contribution in [0.15, 0.2) is 16.6 Å². The van der Waals surface area contributed by atoms with Gasteiger partial charge < -0.3 is 9.84 Å². The first-order valence-corrected chi connectivity index (χ1v) is 6.87. The van der Waals surface area contributed by atoms with E-state index in [2.05, 4.69) is 15.9 Å². The van der Waals surface area contributed by atoms with E-state index in [1.165, 1.54) is 6.07 Å². The fourth-order valence-corrected chi connectivity index (χ4v) is 2.21. The van der Waals surface area contributed by atoms with Gasteiger partial charge in [0.1, 0.15) is 11.6 Å². The summed E-state index contributed by atoms with van der Waals surface area (Å²) in [6.45, 7) is 8.16. The molecule has 1 unspecified atom stereocenters. The average Bonchev–Trinajstić information content (AvgIpc) is 2.27. The second-order valence-electron chi connectivity index (χ2n) is 5.39. The molecule has 4 heteroatoms. The maximum absolute atomic E-state index is 13.9. The van der Waals surface area contributed by atoms with E-state index in [4.69, 9.17) is 4.74 Å². The molecular formula is C14H20BrFO2. The number of hydrogen-bond donors (Lipinski definition) is 1. The van der Waals surface area contributed by atoms with Gasteiger partial charge in [-0.1, -0.05) is 27.7 Å². The van der Waals surface area contributed by atoms with Gasteiger partial charge in [0.15, 0.2) is 0 Å². The van der Waals surface area contributed by atoms with Crippen molar-refractivity contribution in [3.05, 3.63) is 28.0 Å². The summed E-state index contributed by atoms with van der Waals surface area (Å²) in [6, 6.07) is 2.91. The smallest absolute Gasteiger partial charge is 0.134 e. The molecule has 18 heavy (non-hydrogen) atoms. The van der Waals surface area contributed by atoms with Crippen LogP contribution < -0.4 is 4.74 Å². The van der Waals surface area contributed by atoms with E-state index in [0.29, 0.717) is 16.8 Å². The van der Waals surface area contributed by atoms with Crippen LogP contribution in [-0.2, 0) is 0 Å². The molecule has 0 heterocycles. The van der Waals surface area contributed by atoms with Crippen LogP contribution in [0.4, 0.5) is 4.39 Å². The molecule has 0 aromatic heterocycles. The Kier molecular flexibility index (Phi) is 5.17. The van der Waals surface area contributed by atoms with E-state index in [1.807, 2.05) is 27.7 Å². The summed E-state index contributed by atoms with van der Waals surface area (Å²) in [4.78, 5) is 0. The van der Waals surface area contributed by atoms with E-state index in [0.717, 1.165) is 6.42 Å². The van der Waals surface area contributed by atoms with Crippen LogP contribution in [0.3, 0.4) is 0 Å². The van der Waals surface area contributed by atoms with Crippen molar-refractivity contribution >= 4 is 15.9 Å². The summed E-state index contributed by atoms with van der Waals surface area (Å²) in [5.74, 6) is 0.143. The van der Waals surface area contributed by atoms with Crippen LogP contribution in [0.25, 0.3) is 0 Å². The summed E-state index contributed by atoms with van der Waals surface area (Å²) in [7, 11) is 0. The Balaban J connectivity index is 3.18. The Morgan fingerprint density at radius 2 is 2.00 bits per heavy atom. The van der Waals surface area contributed by atoms with E-state index in [-0.39, 0.29) is 5.56 Å². The van der Waals surface area contributed by atoms with Gasteiger partial charge in [0.2, 0.25) is 0 Å². The fraction of sp³-hybridized carbons (Fsp3) is 0.571. The molecule has 1 N–H and O–H groups in total. The third kappa shape index (κ3) is 3.45. The van der Waals surface area contributed by atoms with Crippen LogP contribution in [0.5, 0.6) is 5.75 Å². The topological polar surface area (TPSA) is 29.5 Å². The normalized spacial score (nSPS) is 13.5. The minimum Gasteiger partial charge on any atom is -0.492 e. The molecular weight excluding hydrogens is 299 g/mol. The zero-order valence-corrected chi connectivity index (χ0v) is 12.8. The molecule has 0 aliphatic carbocycles. The Morgan fingerprint density at radius 1 is 1.39 bits per heavy atom. The Bertz CT molecular complexity index is 413. The molecule has 0 spiro atoms. The van der Waals surface area contributed by atoms with Crippen molar-refractivity contribution in [2.75, 3.05) is 6.61 Å². The lowest BCUT2D eigenvalue weighted by molar-refractivity contribution is 0.0585. The molecule has 1 atom stereocenters. The molecule has 0 aliphatic rings. The van der Waals surface area contributed by atoms with Crippen molar-refractivity contribution in [1.29, 1.82) is 0 Å². The fourth-order valence-electron chi connectivity index (χ4n) is 1.56. The van der Waals surface area contributed by atoms with Crippen LogP contribution in [0.2, 0.25) is 0 Å². The van der Waals surface area contributed by atoms with Gasteiger partial charge in [0.05, 0.1) is 17.2 Å². The molecule has 0 aliphatic heterocycles. The largest absolute Gasteiger partial charge is 0.492 e.